The smallest absolute Gasteiger partial charge is 0.166 e. The van der Waals surface area contributed by atoms with E-state index in [-0.39, 0.29) is 19.0 Å². The van der Waals surface area contributed by atoms with Crippen molar-refractivity contribution in [3.05, 3.63) is 65.7 Å². The number of hydrogen-bond acceptors (Lipinski definition) is 4. The number of carbonyl (C=O) groups excluding carboxylic acids is 1. The molecule has 4 nitrogen and oxygen atoms in total. The molecule has 2 rings (SSSR count). The lowest BCUT2D eigenvalue weighted by molar-refractivity contribution is 0.0531. The van der Waals surface area contributed by atoms with Crippen molar-refractivity contribution in [1.82, 2.24) is 0 Å². The second kappa shape index (κ2) is 8.32. The molecule has 0 amide bonds. The zero-order chi connectivity index (χ0) is 15.8. The van der Waals surface area contributed by atoms with Crippen LogP contribution in [-0.4, -0.2) is 35.3 Å². The molecule has 0 bridgehead atoms. The summed E-state index contributed by atoms with van der Waals surface area (Å²) in [4.78, 5) is 12.4. The number of Topliss-reactive ketones (excluding diaryl/α,β-unsaturated/α-hetero) is 1. The van der Waals surface area contributed by atoms with E-state index in [0.29, 0.717) is 24.2 Å². The summed E-state index contributed by atoms with van der Waals surface area (Å²) in [5.74, 6) is 0.436. The second-order valence-corrected chi connectivity index (χ2v) is 5.05. The van der Waals surface area contributed by atoms with Gasteiger partial charge in [-0.1, -0.05) is 42.5 Å². The Balaban J connectivity index is 1.99. The first-order chi connectivity index (χ1) is 10.7. The molecule has 2 N–H and O–H groups in total. The molecule has 0 radical (unpaired) electrons. The van der Waals surface area contributed by atoms with Gasteiger partial charge < -0.3 is 14.9 Å². The Kier molecular flexibility index (Phi) is 6.13. The minimum absolute atomic E-state index is 0.00191. The van der Waals surface area contributed by atoms with Crippen molar-refractivity contribution in [1.29, 1.82) is 0 Å². The minimum Gasteiger partial charge on any atom is -0.490 e. The van der Waals surface area contributed by atoms with Crippen LogP contribution < -0.4 is 4.74 Å². The van der Waals surface area contributed by atoms with Crippen molar-refractivity contribution in [2.45, 2.75) is 18.9 Å². The SMILES string of the molecule is O=C(CCc1ccccc1)c1ccccc1OC[C@H](O)CO. The summed E-state index contributed by atoms with van der Waals surface area (Å²) in [6, 6.07) is 16.8. The highest BCUT2D eigenvalue weighted by molar-refractivity contribution is 5.98. The number of carbonyl (C=O) groups is 1. The molecule has 22 heavy (non-hydrogen) atoms. The molecule has 0 aromatic heterocycles. The van der Waals surface area contributed by atoms with Gasteiger partial charge in [-0.3, -0.25) is 4.79 Å². The standard InChI is InChI=1S/C18H20O4/c19-12-15(20)13-22-18-9-5-4-8-16(18)17(21)11-10-14-6-2-1-3-7-14/h1-9,15,19-20H,10-13H2/t15-/m1/s1. The minimum atomic E-state index is -0.951. The van der Waals surface area contributed by atoms with E-state index < -0.39 is 6.10 Å². The summed E-state index contributed by atoms with van der Waals surface area (Å²) in [5.41, 5.74) is 1.62. The molecule has 0 saturated carbocycles. The van der Waals surface area contributed by atoms with Crippen molar-refractivity contribution in [2.24, 2.45) is 0 Å². The van der Waals surface area contributed by atoms with Gasteiger partial charge >= 0.3 is 0 Å². The Hall–Kier alpha value is -2.17. The first-order valence-corrected chi connectivity index (χ1v) is 7.28. The fourth-order valence-electron chi connectivity index (χ4n) is 2.10. The highest BCUT2D eigenvalue weighted by Gasteiger charge is 2.13. The molecule has 1 atom stereocenters. The molecule has 2 aromatic carbocycles. The molecule has 2 aromatic rings. The molecule has 0 unspecified atom stereocenters. The largest absolute Gasteiger partial charge is 0.490 e. The van der Waals surface area contributed by atoms with Crippen LogP contribution in [0.3, 0.4) is 0 Å². The van der Waals surface area contributed by atoms with E-state index in [1.165, 1.54) is 0 Å². The summed E-state index contributed by atoms with van der Waals surface area (Å²) in [6.07, 6.45) is 0.118. The summed E-state index contributed by atoms with van der Waals surface area (Å²) < 4.78 is 5.43. The number of rotatable bonds is 8. The maximum atomic E-state index is 12.4. The summed E-state index contributed by atoms with van der Waals surface area (Å²) >= 11 is 0. The van der Waals surface area contributed by atoms with Gasteiger partial charge in [-0.05, 0) is 24.1 Å². The summed E-state index contributed by atoms with van der Waals surface area (Å²) in [7, 11) is 0. The van der Waals surface area contributed by atoms with Gasteiger partial charge in [0.25, 0.3) is 0 Å². The number of aryl methyl sites for hydroxylation is 1. The van der Waals surface area contributed by atoms with Gasteiger partial charge in [0.2, 0.25) is 0 Å². The monoisotopic (exact) mass is 300 g/mol. The number of ketones is 1. The van der Waals surface area contributed by atoms with E-state index in [2.05, 4.69) is 0 Å². The number of aliphatic hydroxyl groups is 2. The van der Waals surface area contributed by atoms with E-state index in [9.17, 15) is 9.90 Å². The van der Waals surface area contributed by atoms with E-state index in [1.54, 1.807) is 24.3 Å². The maximum absolute atomic E-state index is 12.4. The van der Waals surface area contributed by atoms with Crippen LogP contribution in [0.15, 0.2) is 54.6 Å². The number of benzene rings is 2. The zero-order valence-electron chi connectivity index (χ0n) is 12.3. The van der Waals surface area contributed by atoms with Gasteiger partial charge in [-0.2, -0.15) is 0 Å². The lowest BCUT2D eigenvalue weighted by atomic mass is 10.0. The van der Waals surface area contributed by atoms with Gasteiger partial charge in [-0.25, -0.2) is 0 Å². The number of hydrogen-bond donors (Lipinski definition) is 2. The summed E-state index contributed by atoms with van der Waals surface area (Å²) in [5, 5.41) is 18.1. The van der Waals surface area contributed by atoms with Gasteiger partial charge in [0, 0.05) is 6.42 Å². The van der Waals surface area contributed by atoms with Crippen molar-refractivity contribution in [3.8, 4) is 5.75 Å². The fourth-order valence-corrected chi connectivity index (χ4v) is 2.10. The molecule has 0 saturated heterocycles. The zero-order valence-corrected chi connectivity index (χ0v) is 12.3. The van der Waals surface area contributed by atoms with Gasteiger partial charge in [-0.15, -0.1) is 0 Å². The second-order valence-electron chi connectivity index (χ2n) is 5.05. The van der Waals surface area contributed by atoms with Crippen LogP contribution in [0.4, 0.5) is 0 Å². The van der Waals surface area contributed by atoms with Crippen molar-refractivity contribution >= 4 is 5.78 Å². The van der Waals surface area contributed by atoms with Gasteiger partial charge in [0.1, 0.15) is 18.5 Å². The van der Waals surface area contributed by atoms with Crippen LogP contribution in [-0.2, 0) is 6.42 Å². The molecule has 4 heteroatoms. The lowest BCUT2D eigenvalue weighted by Gasteiger charge is -2.13. The van der Waals surface area contributed by atoms with E-state index in [0.717, 1.165) is 5.56 Å². The number of ether oxygens (including phenoxy) is 1. The predicted molar refractivity (Wildman–Crippen MR) is 84.1 cm³/mol. The molecule has 0 spiro atoms. The molecule has 0 fully saturated rings. The topological polar surface area (TPSA) is 66.8 Å². The number of para-hydroxylation sites is 1. The maximum Gasteiger partial charge on any atom is 0.166 e. The van der Waals surface area contributed by atoms with Crippen LogP contribution in [0.5, 0.6) is 5.75 Å². The quantitative estimate of drug-likeness (QED) is 0.734. The van der Waals surface area contributed by atoms with Crippen molar-refractivity contribution in [2.75, 3.05) is 13.2 Å². The Morgan fingerprint density at radius 3 is 2.45 bits per heavy atom. The highest BCUT2D eigenvalue weighted by Crippen LogP contribution is 2.20. The average Bonchev–Trinajstić information content (AvgIpc) is 2.58. The Bertz CT molecular complexity index is 595. The first-order valence-electron chi connectivity index (χ1n) is 7.28. The Morgan fingerprint density at radius 1 is 1.05 bits per heavy atom. The molecule has 0 aliphatic heterocycles. The lowest BCUT2D eigenvalue weighted by Crippen LogP contribution is -2.22. The Labute approximate surface area is 130 Å². The predicted octanol–water partition coefficient (Wildman–Crippen LogP) is 2.23. The van der Waals surface area contributed by atoms with Crippen molar-refractivity contribution < 1.29 is 19.7 Å². The van der Waals surface area contributed by atoms with Crippen LogP contribution in [0.1, 0.15) is 22.3 Å². The highest BCUT2D eigenvalue weighted by atomic mass is 16.5. The van der Waals surface area contributed by atoms with Gasteiger partial charge in [0.15, 0.2) is 5.78 Å². The average molecular weight is 300 g/mol. The van der Waals surface area contributed by atoms with Crippen LogP contribution in [0, 0.1) is 0 Å². The third-order valence-corrected chi connectivity index (χ3v) is 3.31. The molecular weight excluding hydrogens is 280 g/mol. The Morgan fingerprint density at radius 2 is 1.73 bits per heavy atom. The third-order valence-electron chi connectivity index (χ3n) is 3.31. The van der Waals surface area contributed by atoms with Crippen LogP contribution in [0.2, 0.25) is 0 Å². The number of aliphatic hydroxyl groups excluding tert-OH is 2. The van der Waals surface area contributed by atoms with E-state index in [4.69, 9.17) is 9.84 Å². The molecule has 0 heterocycles. The third kappa shape index (κ3) is 4.69. The van der Waals surface area contributed by atoms with E-state index in [1.807, 2.05) is 30.3 Å². The first kappa shape index (κ1) is 16.2. The fraction of sp³-hybridized carbons (Fsp3) is 0.278. The van der Waals surface area contributed by atoms with Gasteiger partial charge in [0.05, 0.1) is 12.2 Å². The molecule has 0 aliphatic rings. The normalized spacial score (nSPS) is 11.9. The van der Waals surface area contributed by atoms with E-state index >= 15 is 0 Å². The molecular formula is C18H20O4. The molecule has 0 aliphatic carbocycles. The van der Waals surface area contributed by atoms with Crippen LogP contribution in [0.25, 0.3) is 0 Å². The van der Waals surface area contributed by atoms with Crippen molar-refractivity contribution in [3.63, 3.8) is 0 Å². The van der Waals surface area contributed by atoms with Crippen LogP contribution >= 0.6 is 0 Å². The summed E-state index contributed by atoms with van der Waals surface area (Å²) in [6.45, 7) is -0.413. The molecule has 116 valence electrons.